The van der Waals surface area contributed by atoms with E-state index in [1.54, 1.807) is 19.1 Å². The molecule has 10 heteroatoms. The molecule has 3 rings (SSSR count). The maximum atomic E-state index is 14.3. The molecule has 1 aliphatic rings. The topological polar surface area (TPSA) is 104 Å². The van der Waals surface area contributed by atoms with Crippen molar-refractivity contribution >= 4 is 15.7 Å². The van der Waals surface area contributed by atoms with Gasteiger partial charge in [-0.2, -0.15) is 18.4 Å². The van der Waals surface area contributed by atoms with Crippen LogP contribution in [0.15, 0.2) is 53.4 Å². The Morgan fingerprint density at radius 2 is 1.62 bits per heavy atom. The summed E-state index contributed by atoms with van der Waals surface area (Å²) in [6, 6.07) is 9.96. The number of nitriles is 1. The largest absolute Gasteiger partial charge is 0.413 e. The number of rotatable bonds is 8. The molecule has 1 aliphatic carbocycles. The van der Waals surface area contributed by atoms with Gasteiger partial charge in [-0.05, 0) is 48.1 Å². The van der Waals surface area contributed by atoms with E-state index < -0.39 is 39.5 Å². The van der Waals surface area contributed by atoms with Crippen LogP contribution in [0, 0.1) is 11.3 Å². The molecule has 1 saturated carbocycles. The van der Waals surface area contributed by atoms with Gasteiger partial charge in [0.2, 0.25) is 5.91 Å². The van der Waals surface area contributed by atoms with Crippen LogP contribution in [0.2, 0.25) is 0 Å². The highest BCUT2D eigenvalue weighted by Gasteiger charge is 2.60. The van der Waals surface area contributed by atoms with E-state index in [1.165, 1.54) is 36.4 Å². The second-order valence-corrected chi connectivity index (χ2v) is 10.6. The van der Waals surface area contributed by atoms with Crippen molar-refractivity contribution in [1.82, 2.24) is 4.90 Å². The summed E-state index contributed by atoms with van der Waals surface area (Å²) in [5.41, 5.74) is 5.39. The smallest absolute Gasteiger partial charge is 0.320 e. The summed E-state index contributed by atoms with van der Waals surface area (Å²) in [6.07, 6.45) is -2.70. The molecule has 0 aliphatic heterocycles. The van der Waals surface area contributed by atoms with Crippen LogP contribution in [0.25, 0.3) is 11.1 Å². The van der Waals surface area contributed by atoms with Gasteiger partial charge in [0.1, 0.15) is 5.54 Å². The SMILES string of the molecule is CCC[C@H](N)C(=O)N([C@@H](c1ccc(-c2ccc(S(C)(=O)=O)cc2)cc1)C(F)(F)F)C1(C#N)CC1. The molecule has 2 atom stereocenters. The molecule has 1 amide bonds. The van der Waals surface area contributed by atoms with Gasteiger partial charge in [-0.3, -0.25) is 4.79 Å². The molecule has 34 heavy (non-hydrogen) atoms. The maximum Gasteiger partial charge on any atom is 0.413 e. The number of hydrogen-bond acceptors (Lipinski definition) is 5. The highest BCUT2D eigenvalue weighted by Crippen LogP contribution is 2.50. The molecule has 0 bridgehead atoms. The predicted molar refractivity (Wildman–Crippen MR) is 121 cm³/mol. The van der Waals surface area contributed by atoms with Gasteiger partial charge in [-0.1, -0.05) is 49.7 Å². The summed E-state index contributed by atoms with van der Waals surface area (Å²) in [7, 11) is -3.37. The first-order valence-corrected chi connectivity index (χ1v) is 12.7. The number of nitrogens with two attached hydrogens (primary N) is 1. The first kappa shape index (κ1) is 25.7. The van der Waals surface area contributed by atoms with Gasteiger partial charge in [-0.15, -0.1) is 0 Å². The van der Waals surface area contributed by atoms with Crippen LogP contribution in [0.3, 0.4) is 0 Å². The molecule has 0 saturated heterocycles. The van der Waals surface area contributed by atoms with E-state index >= 15 is 0 Å². The lowest BCUT2D eigenvalue weighted by molar-refractivity contribution is -0.197. The molecule has 0 heterocycles. The number of carbonyl (C=O) groups is 1. The van der Waals surface area contributed by atoms with Crippen LogP contribution in [-0.2, 0) is 14.6 Å². The van der Waals surface area contributed by atoms with Crippen LogP contribution in [0.5, 0.6) is 0 Å². The Balaban J connectivity index is 2.01. The molecule has 0 aromatic heterocycles. The molecule has 0 unspecified atom stereocenters. The Morgan fingerprint density at radius 3 is 2.00 bits per heavy atom. The zero-order valence-corrected chi connectivity index (χ0v) is 19.7. The van der Waals surface area contributed by atoms with Crippen molar-refractivity contribution < 1.29 is 26.4 Å². The molecular formula is C24H26F3N3O3S. The summed E-state index contributed by atoms with van der Waals surface area (Å²) in [4.78, 5) is 13.8. The Hall–Kier alpha value is -2.90. The zero-order valence-electron chi connectivity index (χ0n) is 18.8. The maximum absolute atomic E-state index is 14.3. The number of nitrogens with zero attached hydrogens (tertiary/aromatic N) is 2. The number of carbonyl (C=O) groups excluding carboxylic acids is 1. The summed E-state index contributed by atoms with van der Waals surface area (Å²) in [5, 5.41) is 9.63. The normalized spacial score (nSPS) is 16.9. The number of hydrogen-bond donors (Lipinski definition) is 1. The average Bonchev–Trinajstić information content (AvgIpc) is 3.57. The lowest BCUT2D eigenvalue weighted by Gasteiger charge is -2.38. The van der Waals surface area contributed by atoms with Crippen molar-refractivity contribution in [3.8, 4) is 17.2 Å². The minimum atomic E-state index is -4.83. The van der Waals surface area contributed by atoms with Gasteiger partial charge in [0.25, 0.3) is 0 Å². The molecule has 2 N–H and O–H groups in total. The van der Waals surface area contributed by atoms with E-state index in [0.717, 1.165) is 6.26 Å². The average molecular weight is 494 g/mol. The Morgan fingerprint density at radius 1 is 1.12 bits per heavy atom. The third-order valence-electron chi connectivity index (χ3n) is 5.96. The predicted octanol–water partition coefficient (Wildman–Crippen LogP) is 4.37. The Kier molecular flexibility index (Phi) is 7.10. The summed E-state index contributed by atoms with van der Waals surface area (Å²) in [5.74, 6) is -0.885. The third kappa shape index (κ3) is 5.26. The van der Waals surface area contributed by atoms with Crippen LogP contribution >= 0.6 is 0 Å². The fourth-order valence-corrected chi connectivity index (χ4v) is 4.59. The minimum absolute atomic E-state index is 0.133. The Bertz CT molecular complexity index is 1180. The van der Waals surface area contributed by atoms with Crippen LogP contribution in [0.1, 0.15) is 44.2 Å². The molecule has 6 nitrogen and oxygen atoms in total. The molecule has 0 spiro atoms. The summed E-state index contributed by atoms with van der Waals surface area (Å²) < 4.78 is 66.3. The zero-order chi connectivity index (χ0) is 25.3. The van der Waals surface area contributed by atoms with E-state index in [9.17, 15) is 31.6 Å². The summed E-state index contributed by atoms with van der Waals surface area (Å²) in [6.45, 7) is 1.77. The van der Waals surface area contributed by atoms with E-state index in [4.69, 9.17) is 5.73 Å². The van der Waals surface area contributed by atoms with Crippen molar-refractivity contribution in [1.29, 1.82) is 5.26 Å². The monoisotopic (exact) mass is 493 g/mol. The lowest BCUT2D eigenvalue weighted by Crippen LogP contribution is -2.54. The van der Waals surface area contributed by atoms with Gasteiger partial charge in [0.15, 0.2) is 15.9 Å². The van der Waals surface area contributed by atoms with Gasteiger partial charge in [0.05, 0.1) is 17.0 Å². The highest BCUT2D eigenvalue weighted by molar-refractivity contribution is 7.90. The van der Waals surface area contributed by atoms with Crippen molar-refractivity contribution in [3.63, 3.8) is 0 Å². The van der Waals surface area contributed by atoms with E-state index in [-0.39, 0.29) is 29.7 Å². The fourth-order valence-electron chi connectivity index (χ4n) is 3.96. The summed E-state index contributed by atoms with van der Waals surface area (Å²) >= 11 is 0. The molecule has 182 valence electrons. The van der Waals surface area contributed by atoms with Crippen molar-refractivity contribution in [2.45, 2.75) is 61.3 Å². The van der Waals surface area contributed by atoms with Gasteiger partial charge in [0, 0.05) is 6.26 Å². The highest BCUT2D eigenvalue weighted by atomic mass is 32.2. The van der Waals surface area contributed by atoms with E-state index in [0.29, 0.717) is 22.4 Å². The van der Waals surface area contributed by atoms with Gasteiger partial charge in [-0.25, -0.2) is 8.42 Å². The molecule has 1 fully saturated rings. The lowest BCUT2D eigenvalue weighted by atomic mass is 9.97. The number of amides is 1. The van der Waals surface area contributed by atoms with E-state index in [1.807, 2.05) is 6.07 Å². The second kappa shape index (κ2) is 9.39. The number of sulfone groups is 1. The quantitative estimate of drug-likeness (QED) is 0.588. The van der Waals surface area contributed by atoms with E-state index in [2.05, 4.69) is 0 Å². The molecule has 0 radical (unpaired) electrons. The number of alkyl halides is 3. The number of halogens is 3. The Labute approximate surface area is 197 Å². The van der Waals surface area contributed by atoms with Gasteiger partial charge >= 0.3 is 6.18 Å². The van der Waals surface area contributed by atoms with Crippen molar-refractivity contribution in [3.05, 3.63) is 54.1 Å². The molecule has 2 aromatic carbocycles. The molecular weight excluding hydrogens is 467 g/mol. The van der Waals surface area contributed by atoms with Gasteiger partial charge < -0.3 is 10.6 Å². The minimum Gasteiger partial charge on any atom is -0.320 e. The molecule has 2 aromatic rings. The standard InChI is InChI=1S/C24H26F3N3O3S/c1-3-4-20(29)22(31)30(23(15-28)13-14-23)21(24(25,26)27)18-7-5-16(6-8-18)17-9-11-19(12-10-17)34(2,32)33/h5-12,20-21H,3-4,13-14,29H2,1-2H3/t20-,21-/m0/s1. The van der Waals surface area contributed by atoms with Crippen LogP contribution in [-0.4, -0.2) is 43.2 Å². The van der Waals surface area contributed by atoms with Crippen LogP contribution < -0.4 is 5.73 Å². The van der Waals surface area contributed by atoms with Crippen molar-refractivity contribution in [2.75, 3.05) is 6.26 Å². The second-order valence-electron chi connectivity index (χ2n) is 8.61. The first-order valence-electron chi connectivity index (χ1n) is 10.8. The van der Waals surface area contributed by atoms with Crippen LogP contribution in [0.4, 0.5) is 13.2 Å². The fraction of sp³-hybridized carbons (Fsp3) is 0.417. The number of benzene rings is 2. The van der Waals surface area contributed by atoms with Crippen molar-refractivity contribution in [2.24, 2.45) is 5.73 Å². The third-order valence-corrected chi connectivity index (χ3v) is 7.09. The first-order chi connectivity index (χ1) is 15.8.